The van der Waals surface area contributed by atoms with E-state index in [9.17, 15) is 4.79 Å². The maximum atomic E-state index is 10.3. The van der Waals surface area contributed by atoms with Gasteiger partial charge < -0.3 is 9.84 Å². The van der Waals surface area contributed by atoms with E-state index in [0.29, 0.717) is 18.4 Å². The molecule has 0 amide bonds. The Morgan fingerprint density at radius 3 is 2.80 bits per heavy atom. The number of hydrogen-bond donors (Lipinski definition) is 1. The Morgan fingerprint density at radius 1 is 1.70 bits per heavy atom. The highest BCUT2D eigenvalue weighted by Crippen LogP contribution is 2.37. The van der Waals surface area contributed by atoms with Crippen LogP contribution >= 0.6 is 0 Å². The average Bonchev–Trinajstić information content (AvgIpc) is 2.61. The van der Waals surface area contributed by atoms with Gasteiger partial charge >= 0.3 is 5.97 Å². The molecule has 3 heteroatoms. The van der Waals surface area contributed by atoms with Crippen molar-refractivity contribution in [2.24, 2.45) is 11.8 Å². The quantitative estimate of drug-likeness (QED) is 0.575. The molecule has 2 atom stereocenters. The van der Waals surface area contributed by atoms with E-state index < -0.39 is 0 Å². The molecule has 1 N–H and O–H groups in total. The van der Waals surface area contributed by atoms with Crippen LogP contribution in [0.5, 0.6) is 0 Å². The van der Waals surface area contributed by atoms with Crippen LogP contribution in [0.1, 0.15) is 13.3 Å². The average molecular weight is 144 g/mol. The Morgan fingerprint density at radius 2 is 2.40 bits per heavy atom. The fraction of sp³-hybridized carbons (Fsp3) is 0.857. The summed E-state index contributed by atoms with van der Waals surface area (Å²) < 4.78 is 4.75. The lowest BCUT2D eigenvalue weighted by molar-refractivity contribution is -0.141. The molecule has 1 saturated carbocycles. The van der Waals surface area contributed by atoms with Gasteiger partial charge in [-0.05, 0) is 18.3 Å². The van der Waals surface area contributed by atoms with Gasteiger partial charge in [0.15, 0.2) is 0 Å². The fourth-order valence-corrected chi connectivity index (χ4v) is 0.962. The number of aliphatic hydroxyl groups excluding tert-OH is 1. The van der Waals surface area contributed by atoms with Crippen LogP contribution in [0.2, 0.25) is 0 Å². The van der Waals surface area contributed by atoms with Crippen molar-refractivity contribution < 1.29 is 14.6 Å². The highest BCUT2D eigenvalue weighted by molar-refractivity contribution is 5.65. The standard InChI is InChI=1S/C7H12O3/c1-5(9)10-4-7-2-6(7)3-8/h6-8H,2-4H2,1H3. The van der Waals surface area contributed by atoms with Crippen molar-refractivity contribution in [3.63, 3.8) is 0 Å². The lowest BCUT2D eigenvalue weighted by Crippen LogP contribution is -2.03. The van der Waals surface area contributed by atoms with Gasteiger partial charge in [0.1, 0.15) is 0 Å². The second kappa shape index (κ2) is 3.01. The molecule has 0 bridgehead atoms. The first-order valence-electron chi connectivity index (χ1n) is 3.48. The molecule has 1 rings (SSSR count). The first-order valence-corrected chi connectivity index (χ1v) is 3.48. The molecule has 0 heterocycles. The SMILES string of the molecule is CC(=O)OCC1CC1CO. The Kier molecular flexibility index (Phi) is 2.27. The summed E-state index contributed by atoms with van der Waals surface area (Å²) in [7, 11) is 0. The highest BCUT2D eigenvalue weighted by Gasteiger charge is 2.36. The van der Waals surface area contributed by atoms with Crippen molar-refractivity contribution in [1.29, 1.82) is 0 Å². The summed E-state index contributed by atoms with van der Waals surface area (Å²) in [4.78, 5) is 10.3. The monoisotopic (exact) mass is 144 g/mol. The minimum absolute atomic E-state index is 0.228. The molecule has 2 unspecified atom stereocenters. The third kappa shape index (κ3) is 1.99. The van der Waals surface area contributed by atoms with E-state index in [-0.39, 0.29) is 12.6 Å². The van der Waals surface area contributed by atoms with Crippen LogP contribution in [0.25, 0.3) is 0 Å². The Hall–Kier alpha value is -0.570. The van der Waals surface area contributed by atoms with Crippen molar-refractivity contribution in [2.45, 2.75) is 13.3 Å². The minimum atomic E-state index is -0.233. The number of ether oxygens (including phenoxy) is 1. The Balaban J connectivity index is 2.01. The summed E-state index contributed by atoms with van der Waals surface area (Å²) in [5.74, 6) is 0.580. The third-order valence-electron chi connectivity index (χ3n) is 1.80. The molecule has 0 aromatic heterocycles. The molecule has 0 aromatic rings. The molecule has 1 aliphatic carbocycles. The van der Waals surface area contributed by atoms with Gasteiger partial charge in [-0.1, -0.05) is 0 Å². The summed E-state index contributed by atoms with van der Waals surface area (Å²) in [6.45, 7) is 2.11. The number of rotatable bonds is 3. The molecule has 1 aliphatic rings. The largest absolute Gasteiger partial charge is 0.466 e. The zero-order valence-electron chi connectivity index (χ0n) is 6.04. The Bertz CT molecular complexity index is 133. The predicted octanol–water partition coefficient (Wildman–Crippen LogP) is 0.178. The predicted molar refractivity (Wildman–Crippen MR) is 35.3 cm³/mol. The van der Waals surface area contributed by atoms with E-state index in [4.69, 9.17) is 9.84 Å². The Labute approximate surface area is 60.0 Å². The van der Waals surface area contributed by atoms with Gasteiger partial charge in [0.05, 0.1) is 6.61 Å². The maximum absolute atomic E-state index is 10.3. The van der Waals surface area contributed by atoms with Crippen molar-refractivity contribution in [3.8, 4) is 0 Å². The van der Waals surface area contributed by atoms with Crippen LogP contribution in [-0.4, -0.2) is 24.3 Å². The molecule has 0 aliphatic heterocycles. The number of carbonyl (C=O) groups excluding carboxylic acids is 1. The summed E-state index contributed by atoms with van der Waals surface area (Å²) in [6, 6.07) is 0. The van der Waals surface area contributed by atoms with Crippen molar-refractivity contribution in [2.75, 3.05) is 13.2 Å². The molecule has 10 heavy (non-hydrogen) atoms. The molecule has 0 saturated heterocycles. The van der Waals surface area contributed by atoms with E-state index in [1.165, 1.54) is 6.92 Å². The smallest absolute Gasteiger partial charge is 0.302 e. The summed E-state index contributed by atoms with van der Waals surface area (Å²) in [6.07, 6.45) is 1.00. The molecular formula is C7H12O3. The number of aliphatic hydroxyl groups is 1. The molecule has 3 nitrogen and oxygen atoms in total. The zero-order valence-corrected chi connectivity index (χ0v) is 6.04. The number of carbonyl (C=O) groups is 1. The third-order valence-corrected chi connectivity index (χ3v) is 1.80. The first kappa shape index (κ1) is 7.54. The molecule has 58 valence electrons. The van der Waals surface area contributed by atoms with Crippen LogP contribution in [0.15, 0.2) is 0 Å². The zero-order chi connectivity index (χ0) is 7.56. The van der Waals surface area contributed by atoms with Gasteiger partial charge in [0, 0.05) is 13.5 Å². The topological polar surface area (TPSA) is 46.5 Å². The van der Waals surface area contributed by atoms with Crippen LogP contribution in [-0.2, 0) is 9.53 Å². The molecule has 0 spiro atoms. The lowest BCUT2D eigenvalue weighted by atomic mass is 10.3. The normalized spacial score (nSPS) is 29.8. The number of hydrogen-bond acceptors (Lipinski definition) is 3. The second-order valence-corrected chi connectivity index (χ2v) is 2.74. The van der Waals surface area contributed by atoms with Crippen molar-refractivity contribution in [1.82, 2.24) is 0 Å². The van der Waals surface area contributed by atoms with Crippen LogP contribution in [0.4, 0.5) is 0 Å². The minimum Gasteiger partial charge on any atom is -0.466 e. The van der Waals surface area contributed by atoms with Crippen LogP contribution in [0, 0.1) is 11.8 Å². The molecular weight excluding hydrogens is 132 g/mol. The van der Waals surface area contributed by atoms with Gasteiger partial charge in [-0.25, -0.2) is 0 Å². The maximum Gasteiger partial charge on any atom is 0.302 e. The van der Waals surface area contributed by atoms with Gasteiger partial charge in [-0.15, -0.1) is 0 Å². The van der Waals surface area contributed by atoms with E-state index in [1.807, 2.05) is 0 Å². The van der Waals surface area contributed by atoms with E-state index >= 15 is 0 Å². The summed E-state index contributed by atoms with van der Waals surface area (Å²) >= 11 is 0. The molecule has 0 aromatic carbocycles. The van der Waals surface area contributed by atoms with E-state index in [0.717, 1.165) is 6.42 Å². The van der Waals surface area contributed by atoms with E-state index in [2.05, 4.69) is 0 Å². The van der Waals surface area contributed by atoms with Gasteiger partial charge in [-0.2, -0.15) is 0 Å². The molecule has 0 radical (unpaired) electrons. The number of esters is 1. The summed E-state index contributed by atoms with van der Waals surface area (Å²) in [5.41, 5.74) is 0. The van der Waals surface area contributed by atoms with Crippen LogP contribution < -0.4 is 0 Å². The van der Waals surface area contributed by atoms with Crippen molar-refractivity contribution in [3.05, 3.63) is 0 Å². The fourth-order valence-electron chi connectivity index (χ4n) is 0.962. The summed E-state index contributed by atoms with van der Waals surface area (Å²) in [5, 5.41) is 8.60. The highest BCUT2D eigenvalue weighted by atomic mass is 16.5. The van der Waals surface area contributed by atoms with Crippen molar-refractivity contribution >= 4 is 5.97 Å². The molecule has 1 fully saturated rings. The van der Waals surface area contributed by atoms with Gasteiger partial charge in [0.2, 0.25) is 0 Å². The second-order valence-electron chi connectivity index (χ2n) is 2.74. The lowest BCUT2D eigenvalue weighted by Gasteiger charge is -1.98. The first-order chi connectivity index (χ1) is 4.74. The van der Waals surface area contributed by atoms with Gasteiger partial charge in [-0.3, -0.25) is 4.79 Å². The van der Waals surface area contributed by atoms with Gasteiger partial charge in [0.25, 0.3) is 0 Å². The van der Waals surface area contributed by atoms with E-state index in [1.54, 1.807) is 0 Å². The van der Waals surface area contributed by atoms with Crippen LogP contribution in [0.3, 0.4) is 0 Å².